The number of carbonyl (C=O) groups excluding carboxylic acids is 1. The summed E-state index contributed by atoms with van der Waals surface area (Å²) in [6, 6.07) is 5.44. The molecule has 0 aromatic heterocycles. The Kier molecular flexibility index (Phi) is 3.51. The molecule has 0 heterocycles. The van der Waals surface area contributed by atoms with Crippen LogP contribution in [0.5, 0.6) is 11.5 Å². The number of ketones is 1. The number of benzene rings is 1. The van der Waals surface area contributed by atoms with Gasteiger partial charge in [-0.15, -0.1) is 0 Å². The Hall–Kier alpha value is -1.51. The van der Waals surface area contributed by atoms with Gasteiger partial charge in [0.05, 0.1) is 14.2 Å². The second kappa shape index (κ2) is 4.65. The van der Waals surface area contributed by atoms with Gasteiger partial charge in [-0.2, -0.15) is 0 Å². The van der Waals surface area contributed by atoms with E-state index < -0.39 is 0 Å². The summed E-state index contributed by atoms with van der Waals surface area (Å²) in [7, 11) is 3.18. The second-order valence-electron chi connectivity index (χ2n) is 3.06. The number of ether oxygens (including phenoxy) is 2. The minimum Gasteiger partial charge on any atom is -0.497 e. The molecule has 0 radical (unpaired) electrons. The lowest BCUT2D eigenvalue weighted by Gasteiger charge is -2.08. The topological polar surface area (TPSA) is 35.5 Å². The summed E-state index contributed by atoms with van der Waals surface area (Å²) in [5.74, 6) is 1.54. The van der Waals surface area contributed by atoms with E-state index in [9.17, 15) is 4.79 Å². The lowest BCUT2D eigenvalue weighted by Crippen LogP contribution is -1.99. The zero-order chi connectivity index (χ0) is 10.6. The number of carbonyl (C=O) groups is 1. The monoisotopic (exact) mass is 194 g/mol. The van der Waals surface area contributed by atoms with Crippen molar-refractivity contribution in [3.8, 4) is 11.5 Å². The molecule has 0 saturated carbocycles. The summed E-state index contributed by atoms with van der Waals surface area (Å²) in [6.07, 6.45) is 0.396. The van der Waals surface area contributed by atoms with Crippen molar-refractivity contribution in [3.05, 3.63) is 23.8 Å². The van der Waals surface area contributed by atoms with Crippen LogP contribution < -0.4 is 9.47 Å². The maximum Gasteiger partial charge on any atom is 0.134 e. The van der Waals surface area contributed by atoms with E-state index in [0.29, 0.717) is 12.2 Å². The van der Waals surface area contributed by atoms with Crippen LogP contribution in [0.2, 0.25) is 0 Å². The highest BCUT2D eigenvalue weighted by Crippen LogP contribution is 2.24. The molecule has 0 spiro atoms. The van der Waals surface area contributed by atoms with Gasteiger partial charge in [-0.25, -0.2) is 0 Å². The number of Topliss-reactive ketones (excluding diaryl/α,β-unsaturated/α-hetero) is 1. The predicted molar refractivity (Wildman–Crippen MR) is 53.9 cm³/mol. The summed E-state index contributed by atoms with van der Waals surface area (Å²) >= 11 is 0. The third-order valence-electron chi connectivity index (χ3n) is 1.93. The number of hydrogen-bond donors (Lipinski definition) is 0. The van der Waals surface area contributed by atoms with Gasteiger partial charge in [0.2, 0.25) is 0 Å². The van der Waals surface area contributed by atoms with Gasteiger partial charge in [-0.3, -0.25) is 4.79 Å². The molecule has 14 heavy (non-hydrogen) atoms. The van der Waals surface area contributed by atoms with Gasteiger partial charge in [0, 0.05) is 18.1 Å². The van der Waals surface area contributed by atoms with Crippen LogP contribution >= 0.6 is 0 Å². The fourth-order valence-corrected chi connectivity index (χ4v) is 1.27. The molecule has 0 aliphatic rings. The van der Waals surface area contributed by atoms with E-state index in [0.717, 1.165) is 11.3 Å². The standard InChI is InChI=1S/C11H14O3/c1-8(12)6-9-4-5-10(13-2)7-11(9)14-3/h4-5,7H,6H2,1-3H3. The van der Waals surface area contributed by atoms with Gasteiger partial charge in [0.1, 0.15) is 17.3 Å². The SMILES string of the molecule is COc1ccc(CC(C)=O)c(OC)c1. The minimum atomic E-state index is 0.119. The molecule has 0 amide bonds. The van der Waals surface area contributed by atoms with Crippen molar-refractivity contribution in [1.82, 2.24) is 0 Å². The molecule has 76 valence electrons. The summed E-state index contributed by atoms with van der Waals surface area (Å²) < 4.78 is 10.2. The van der Waals surface area contributed by atoms with Crippen molar-refractivity contribution in [1.29, 1.82) is 0 Å². The molecule has 0 atom stereocenters. The molecule has 0 saturated heterocycles. The molecule has 1 aromatic rings. The van der Waals surface area contributed by atoms with Crippen molar-refractivity contribution in [3.63, 3.8) is 0 Å². The molecule has 1 rings (SSSR count). The van der Waals surface area contributed by atoms with Gasteiger partial charge in [0.25, 0.3) is 0 Å². The first kappa shape index (κ1) is 10.6. The third kappa shape index (κ3) is 2.49. The van der Waals surface area contributed by atoms with Gasteiger partial charge < -0.3 is 9.47 Å². The highest BCUT2D eigenvalue weighted by atomic mass is 16.5. The van der Waals surface area contributed by atoms with Crippen LogP contribution in [0.25, 0.3) is 0 Å². The van der Waals surface area contributed by atoms with E-state index in [-0.39, 0.29) is 5.78 Å². The Bertz CT molecular complexity index is 331. The first-order chi connectivity index (χ1) is 6.67. The van der Waals surface area contributed by atoms with Crippen LogP contribution in [0.3, 0.4) is 0 Å². The van der Waals surface area contributed by atoms with E-state index in [1.165, 1.54) is 0 Å². The first-order valence-corrected chi connectivity index (χ1v) is 4.37. The lowest BCUT2D eigenvalue weighted by atomic mass is 10.1. The highest BCUT2D eigenvalue weighted by Gasteiger charge is 2.06. The molecule has 0 bridgehead atoms. The average molecular weight is 194 g/mol. The fraction of sp³-hybridized carbons (Fsp3) is 0.364. The fourth-order valence-electron chi connectivity index (χ4n) is 1.27. The summed E-state index contributed by atoms with van der Waals surface area (Å²) in [5, 5.41) is 0. The third-order valence-corrected chi connectivity index (χ3v) is 1.93. The maximum absolute atomic E-state index is 10.9. The van der Waals surface area contributed by atoms with Crippen LogP contribution in [0, 0.1) is 0 Å². The summed E-state index contributed by atoms with van der Waals surface area (Å²) in [6.45, 7) is 1.56. The predicted octanol–water partition coefficient (Wildman–Crippen LogP) is 1.84. The van der Waals surface area contributed by atoms with Crippen LogP contribution in [0.4, 0.5) is 0 Å². The molecule has 0 aliphatic carbocycles. The van der Waals surface area contributed by atoms with Crippen LogP contribution in [-0.4, -0.2) is 20.0 Å². The van der Waals surface area contributed by atoms with Crippen molar-refractivity contribution in [2.45, 2.75) is 13.3 Å². The minimum absolute atomic E-state index is 0.119. The Morgan fingerprint density at radius 3 is 2.50 bits per heavy atom. The van der Waals surface area contributed by atoms with Crippen molar-refractivity contribution in [2.24, 2.45) is 0 Å². The smallest absolute Gasteiger partial charge is 0.134 e. The number of methoxy groups -OCH3 is 2. The Labute approximate surface area is 83.6 Å². The zero-order valence-corrected chi connectivity index (χ0v) is 8.66. The van der Waals surface area contributed by atoms with E-state index in [1.807, 2.05) is 12.1 Å². The molecular weight excluding hydrogens is 180 g/mol. The molecule has 3 nitrogen and oxygen atoms in total. The van der Waals surface area contributed by atoms with Crippen molar-refractivity contribution in [2.75, 3.05) is 14.2 Å². The quantitative estimate of drug-likeness (QED) is 0.733. The summed E-state index contributed by atoms with van der Waals surface area (Å²) in [5.41, 5.74) is 0.890. The Morgan fingerprint density at radius 1 is 1.29 bits per heavy atom. The normalized spacial score (nSPS) is 9.64. The number of rotatable bonds is 4. The molecule has 1 aromatic carbocycles. The molecule has 0 N–H and O–H groups in total. The average Bonchev–Trinajstić information content (AvgIpc) is 2.17. The largest absolute Gasteiger partial charge is 0.497 e. The molecule has 3 heteroatoms. The maximum atomic E-state index is 10.9. The molecule has 0 unspecified atom stereocenters. The van der Waals surface area contributed by atoms with Crippen LogP contribution in [-0.2, 0) is 11.2 Å². The zero-order valence-electron chi connectivity index (χ0n) is 8.66. The van der Waals surface area contributed by atoms with Crippen molar-refractivity contribution >= 4 is 5.78 Å². The molecule has 0 aliphatic heterocycles. The van der Waals surface area contributed by atoms with Gasteiger partial charge in [0.15, 0.2) is 0 Å². The van der Waals surface area contributed by atoms with E-state index in [1.54, 1.807) is 27.2 Å². The first-order valence-electron chi connectivity index (χ1n) is 4.37. The Morgan fingerprint density at radius 2 is 2.00 bits per heavy atom. The summed E-state index contributed by atoms with van der Waals surface area (Å²) in [4.78, 5) is 10.9. The van der Waals surface area contributed by atoms with Crippen molar-refractivity contribution < 1.29 is 14.3 Å². The highest BCUT2D eigenvalue weighted by molar-refractivity contribution is 5.79. The van der Waals surface area contributed by atoms with Crippen LogP contribution in [0.15, 0.2) is 18.2 Å². The molecule has 0 fully saturated rings. The van der Waals surface area contributed by atoms with E-state index >= 15 is 0 Å². The molecular formula is C11H14O3. The van der Waals surface area contributed by atoms with Gasteiger partial charge >= 0.3 is 0 Å². The van der Waals surface area contributed by atoms with Gasteiger partial charge in [-0.05, 0) is 13.0 Å². The van der Waals surface area contributed by atoms with Crippen LogP contribution in [0.1, 0.15) is 12.5 Å². The van der Waals surface area contributed by atoms with E-state index in [4.69, 9.17) is 9.47 Å². The second-order valence-corrected chi connectivity index (χ2v) is 3.06. The Balaban J connectivity index is 2.98. The van der Waals surface area contributed by atoms with Gasteiger partial charge in [-0.1, -0.05) is 6.07 Å². The number of hydrogen-bond acceptors (Lipinski definition) is 3. The van der Waals surface area contributed by atoms with E-state index in [2.05, 4.69) is 0 Å². The lowest BCUT2D eigenvalue weighted by molar-refractivity contribution is -0.116.